The Morgan fingerprint density at radius 3 is 2.82 bits per heavy atom. The van der Waals surface area contributed by atoms with Crippen LogP contribution >= 0.6 is 12.2 Å². The van der Waals surface area contributed by atoms with Crippen LogP contribution in [0.5, 0.6) is 0 Å². The number of tetrazole rings is 1. The van der Waals surface area contributed by atoms with Gasteiger partial charge in [0.15, 0.2) is 5.11 Å². The molecule has 1 rings (SSSR count). The molecule has 7 nitrogen and oxygen atoms in total. The fraction of sp³-hybridized carbons (Fsp3) is 0.667. The second-order valence-corrected chi connectivity index (χ2v) is 3.89. The molecule has 0 fully saturated rings. The Balaban J connectivity index is 2.50. The quantitative estimate of drug-likeness (QED) is 0.754. The minimum atomic E-state index is -0.112. The van der Waals surface area contributed by atoms with Crippen molar-refractivity contribution in [2.24, 2.45) is 0 Å². The van der Waals surface area contributed by atoms with Crippen molar-refractivity contribution in [1.82, 2.24) is 25.5 Å². The van der Waals surface area contributed by atoms with E-state index in [2.05, 4.69) is 26.2 Å². The van der Waals surface area contributed by atoms with Crippen LogP contribution < -0.4 is 10.6 Å². The number of rotatable bonds is 5. The molecule has 0 spiro atoms. The van der Waals surface area contributed by atoms with E-state index in [-0.39, 0.29) is 11.0 Å². The molecule has 0 saturated carbocycles. The number of amides is 1. The maximum absolute atomic E-state index is 11.3. The van der Waals surface area contributed by atoms with Gasteiger partial charge in [-0.1, -0.05) is 18.9 Å². The number of carbonyl (C=O) groups is 1. The lowest BCUT2D eigenvalue weighted by atomic mass is 10.3. The van der Waals surface area contributed by atoms with Gasteiger partial charge < -0.3 is 5.32 Å². The minimum Gasteiger partial charge on any atom is -0.303 e. The number of anilines is 1. The average molecular weight is 256 g/mol. The van der Waals surface area contributed by atoms with Gasteiger partial charge in [0.05, 0.1) is 0 Å². The van der Waals surface area contributed by atoms with Gasteiger partial charge >= 0.3 is 0 Å². The van der Waals surface area contributed by atoms with E-state index < -0.39 is 0 Å². The van der Waals surface area contributed by atoms with Crippen molar-refractivity contribution in [2.75, 3.05) is 5.32 Å². The highest BCUT2D eigenvalue weighted by atomic mass is 32.1. The van der Waals surface area contributed by atoms with Crippen LogP contribution in [0.2, 0.25) is 0 Å². The molecule has 1 amide bonds. The molecule has 2 N–H and O–H groups in total. The second-order valence-electron chi connectivity index (χ2n) is 3.48. The number of aryl methyl sites for hydroxylation is 1. The minimum absolute atomic E-state index is 0.112. The molecule has 0 aliphatic carbocycles. The smallest absolute Gasteiger partial charge is 0.249 e. The molecule has 1 aromatic heterocycles. The summed E-state index contributed by atoms with van der Waals surface area (Å²) in [5.74, 6) is 0.327. The number of carbonyl (C=O) groups excluding carboxylic acids is 1. The summed E-state index contributed by atoms with van der Waals surface area (Å²) in [5.41, 5.74) is 0. The van der Waals surface area contributed by atoms with Crippen molar-refractivity contribution in [3.63, 3.8) is 0 Å². The number of nitrogens with zero attached hydrogens (tertiary/aromatic N) is 4. The SMILES string of the molecule is CCCC(=O)NC(=S)Nc1nnnn1CCC. The number of hydrogen-bond acceptors (Lipinski definition) is 5. The van der Waals surface area contributed by atoms with E-state index >= 15 is 0 Å². The molecule has 0 saturated heterocycles. The van der Waals surface area contributed by atoms with Crippen LogP contribution in [0.25, 0.3) is 0 Å². The zero-order valence-corrected chi connectivity index (χ0v) is 10.8. The summed E-state index contributed by atoms with van der Waals surface area (Å²) in [4.78, 5) is 11.3. The Kier molecular flexibility index (Phi) is 5.47. The summed E-state index contributed by atoms with van der Waals surface area (Å²) in [7, 11) is 0. The molecule has 94 valence electrons. The summed E-state index contributed by atoms with van der Waals surface area (Å²) in [5, 5.41) is 16.7. The monoisotopic (exact) mass is 256 g/mol. The van der Waals surface area contributed by atoms with Crippen LogP contribution in [0.3, 0.4) is 0 Å². The fourth-order valence-corrected chi connectivity index (χ4v) is 1.41. The van der Waals surface area contributed by atoms with E-state index in [0.717, 1.165) is 12.8 Å². The molecule has 0 aliphatic rings. The summed E-state index contributed by atoms with van der Waals surface area (Å²) in [6.45, 7) is 4.64. The fourth-order valence-electron chi connectivity index (χ4n) is 1.21. The molecule has 0 aliphatic heterocycles. The lowest BCUT2D eigenvalue weighted by molar-refractivity contribution is -0.119. The second kappa shape index (κ2) is 6.89. The summed E-state index contributed by atoms with van der Waals surface area (Å²) in [6.07, 6.45) is 2.14. The van der Waals surface area contributed by atoms with Crippen molar-refractivity contribution in [2.45, 2.75) is 39.7 Å². The van der Waals surface area contributed by atoms with Gasteiger partial charge in [-0.15, -0.1) is 0 Å². The Morgan fingerprint density at radius 2 is 2.18 bits per heavy atom. The first kappa shape index (κ1) is 13.5. The van der Waals surface area contributed by atoms with Crippen LogP contribution in [-0.2, 0) is 11.3 Å². The summed E-state index contributed by atoms with van der Waals surface area (Å²) in [6, 6.07) is 0. The van der Waals surface area contributed by atoms with Crippen molar-refractivity contribution >= 4 is 29.2 Å². The standard InChI is InChI=1S/C9H16N6OS/c1-3-5-7(16)10-9(17)11-8-12-13-14-15(8)6-4-2/h3-6H2,1-2H3,(H2,10,11,12,14,16,17). The van der Waals surface area contributed by atoms with Crippen molar-refractivity contribution in [3.05, 3.63) is 0 Å². The van der Waals surface area contributed by atoms with Crippen molar-refractivity contribution in [1.29, 1.82) is 0 Å². The van der Waals surface area contributed by atoms with E-state index in [1.165, 1.54) is 0 Å². The third-order valence-corrected chi connectivity index (χ3v) is 2.13. The highest BCUT2D eigenvalue weighted by Crippen LogP contribution is 2.00. The van der Waals surface area contributed by atoms with E-state index in [0.29, 0.717) is 18.9 Å². The molecular weight excluding hydrogens is 240 g/mol. The third-order valence-electron chi connectivity index (χ3n) is 1.92. The lowest BCUT2D eigenvalue weighted by Gasteiger charge is -2.08. The zero-order chi connectivity index (χ0) is 12.7. The first-order chi connectivity index (χ1) is 8.17. The van der Waals surface area contributed by atoms with Gasteiger partial charge in [-0.3, -0.25) is 10.1 Å². The van der Waals surface area contributed by atoms with Gasteiger partial charge in [0.25, 0.3) is 0 Å². The predicted molar refractivity (Wildman–Crippen MR) is 67.4 cm³/mol. The predicted octanol–water partition coefficient (Wildman–Crippen LogP) is 0.696. The van der Waals surface area contributed by atoms with Gasteiger partial charge in [0.1, 0.15) is 0 Å². The molecule has 0 radical (unpaired) electrons. The van der Waals surface area contributed by atoms with Gasteiger partial charge in [-0.2, -0.15) is 0 Å². The van der Waals surface area contributed by atoms with Gasteiger partial charge in [0.2, 0.25) is 11.9 Å². The Bertz CT molecular complexity index is 391. The molecule has 1 aromatic rings. The highest BCUT2D eigenvalue weighted by molar-refractivity contribution is 7.80. The molecule has 1 heterocycles. The first-order valence-electron chi connectivity index (χ1n) is 5.54. The third kappa shape index (κ3) is 4.43. The molecular formula is C9H16N6OS. The maximum Gasteiger partial charge on any atom is 0.249 e. The molecule has 8 heteroatoms. The van der Waals surface area contributed by atoms with Gasteiger partial charge in [-0.25, -0.2) is 4.68 Å². The van der Waals surface area contributed by atoms with Crippen LogP contribution in [0.4, 0.5) is 5.95 Å². The highest BCUT2D eigenvalue weighted by Gasteiger charge is 2.08. The lowest BCUT2D eigenvalue weighted by Crippen LogP contribution is -2.34. The molecule has 0 bridgehead atoms. The largest absolute Gasteiger partial charge is 0.303 e. The summed E-state index contributed by atoms with van der Waals surface area (Å²) < 4.78 is 1.60. The van der Waals surface area contributed by atoms with Gasteiger partial charge in [0, 0.05) is 13.0 Å². The van der Waals surface area contributed by atoms with Crippen LogP contribution in [-0.4, -0.2) is 31.2 Å². The molecule has 17 heavy (non-hydrogen) atoms. The Labute approximate surface area is 105 Å². The number of thiocarbonyl (C=S) groups is 1. The van der Waals surface area contributed by atoms with Crippen LogP contribution in [0.1, 0.15) is 33.1 Å². The molecule has 0 unspecified atom stereocenters. The van der Waals surface area contributed by atoms with E-state index in [1.807, 2.05) is 13.8 Å². The van der Waals surface area contributed by atoms with E-state index in [1.54, 1.807) is 4.68 Å². The number of aromatic nitrogens is 4. The normalized spacial score (nSPS) is 10.0. The van der Waals surface area contributed by atoms with Crippen molar-refractivity contribution in [3.8, 4) is 0 Å². The zero-order valence-electron chi connectivity index (χ0n) is 9.93. The van der Waals surface area contributed by atoms with Crippen LogP contribution in [0.15, 0.2) is 0 Å². The molecule has 0 atom stereocenters. The topological polar surface area (TPSA) is 84.7 Å². The van der Waals surface area contributed by atoms with Gasteiger partial charge in [-0.05, 0) is 35.5 Å². The van der Waals surface area contributed by atoms with E-state index in [4.69, 9.17) is 12.2 Å². The molecule has 0 aromatic carbocycles. The Morgan fingerprint density at radius 1 is 1.41 bits per heavy atom. The summed E-state index contributed by atoms with van der Waals surface area (Å²) >= 11 is 4.98. The first-order valence-corrected chi connectivity index (χ1v) is 5.95. The number of nitrogens with one attached hydrogen (secondary N) is 2. The Hall–Kier alpha value is -1.57. The maximum atomic E-state index is 11.3. The van der Waals surface area contributed by atoms with Crippen LogP contribution in [0, 0.1) is 0 Å². The van der Waals surface area contributed by atoms with Crippen molar-refractivity contribution < 1.29 is 4.79 Å². The number of hydrogen-bond donors (Lipinski definition) is 2. The average Bonchev–Trinajstić information content (AvgIpc) is 2.66. The van der Waals surface area contributed by atoms with E-state index in [9.17, 15) is 4.79 Å².